The van der Waals surface area contributed by atoms with E-state index in [1.165, 1.54) is 109 Å². The molecule has 0 aliphatic carbocycles. The molecule has 0 fully saturated rings. The minimum absolute atomic E-state index is 0.177. The number of allylic oxidation sites excluding steroid dienone is 18. The fourth-order valence-electron chi connectivity index (χ4n) is 7.97. The van der Waals surface area contributed by atoms with Crippen molar-refractivity contribution in [3.8, 4) is 0 Å². The molecule has 0 rings (SSSR count). The van der Waals surface area contributed by atoms with Crippen LogP contribution in [0.5, 0.6) is 0 Å². The molecule has 0 radical (unpaired) electrons. The molecule has 428 valence electrons. The summed E-state index contributed by atoms with van der Waals surface area (Å²) in [6, 6.07) is 0. The van der Waals surface area contributed by atoms with E-state index in [1.807, 2.05) is 21.1 Å². The first-order valence-electron chi connectivity index (χ1n) is 30.1. The first-order valence-corrected chi connectivity index (χ1v) is 30.1. The van der Waals surface area contributed by atoms with Crippen molar-refractivity contribution in [2.45, 2.75) is 245 Å². The maximum atomic E-state index is 12.9. The van der Waals surface area contributed by atoms with E-state index in [1.54, 1.807) is 0 Å². The predicted molar refractivity (Wildman–Crippen MR) is 318 cm³/mol. The van der Waals surface area contributed by atoms with Crippen LogP contribution < -0.4 is 0 Å². The van der Waals surface area contributed by atoms with Gasteiger partial charge in [-0.25, -0.2) is 4.79 Å². The molecule has 0 aromatic heterocycles. The maximum absolute atomic E-state index is 12.9. The fraction of sp³-hybridized carbons (Fsp3) is 0.682. The number of hydrogen-bond acceptors (Lipinski definition) is 7. The molecular weight excluding hydrogens is 935 g/mol. The first-order chi connectivity index (χ1) is 36.6. The SMILES string of the molecule is CC/C=C\C/C=C\C/C=C\C/C=C\C/C=C\CCCCCCCCCCCCCCCCCCCCCC(=O)OC(COC(=O)CCCC/C=C\C/C=C\C/C=C\C/C=C\CC)COC(OCC[N+](C)(C)C)C(=O)O. The van der Waals surface area contributed by atoms with Crippen LogP contribution in [0, 0.1) is 0 Å². The van der Waals surface area contributed by atoms with Crippen LogP contribution in [0.2, 0.25) is 0 Å². The Morgan fingerprint density at radius 1 is 0.400 bits per heavy atom. The van der Waals surface area contributed by atoms with Crippen molar-refractivity contribution in [2.75, 3.05) is 47.5 Å². The quantitative estimate of drug-likeness (QED) is 0.0211. The lowest BCUT2D eigenvalue weighted by Gasteiger charge is -2.25. The van der Waals surface area contributed by atoms with Gasteiger partial charge in [0.1, 0.15) is 13.2 Å². The van der Waals surface area contributed by atoms with Crippen LogP contribution in [-0.2, 0) is 33.3 Å². The summed E-state index contributed by atoms with van der Waals surface area (Å²) in [7, 11) is 5.95. The number of carbonyl (C=O) groups is 3. The summed E-state index contributed by atoms with van der Waals surface area (Å²) in [5.41, 5.74) is 0. The fourth-order valence-corrected chi connectivity index (χ4v) is 7.97. The number of unbranched alkanes of at least 4 members (excludes halogenated alkanes) is 21. The van der Waals surface area contributed by atoms with Gasteiger partial charge in [0.25, 0.3) is 6.29 Å². The molecule has 0 aliphatic heterocycles. The third-order valence-corrected chi connectivity index (χ3v) is 12.5. The molecule has 0 heterocycles. The van der Waals surface area contributed by atoms with Crippen LogP contribution in [0.15, 0.2) is 109 Å². The average molecular weight is 1050 g/mol. The highest BCUT2D eigenvalue weighted by molar-refractivity contribution is 5.71. The Kier molecular flexibility index (Phi) is 53.1. The van der Waals surface area contributed by atoms with Gasteiger partial charge in [0.2, 0.25) is 0 Å². The lowest BCUT2D eigenvalue weighted by Crippen LogP contribution is -2.40. The zero-order valence-corrected chi connectivity index (χ0v) is 48.7. The number of esters is 2. The van der Waals surface area contributed by atoms with Crippen LogP contribution >= 0.6 is 0 Å². The second-order valence-electron chi connectivity index (χ2n) is 20.9. The molecule has 1 N–H and O–H groups in total. The van der Waals surface area contributed by atoms with E-state index in [4.69, 9.17) is 18.9 Å². The molecule has 2 atom stereocenters. The van der Waals surface area contributed by atoms with Gasteiger partial charge in [0.15, 0.2) is 6.10 Å². The van der Waals surface area contributed by atoms with Gasteiger partial charge in [-0.05, 0) is 96.3 Å². The number of carboxylic acid groups (broad SMARTS) is 1. The number of carbonyl (C=O) groups excluding carboxylic acids is 2. The van der Waals surface area contributed by atoms with Crippen molar-refractivity contribution >= 4 is 17.9 Å². The standard InChI is InChI=1S/C66H111NO8/c1-6-8-10-12-14-16-18-20-22-23-24-25-26-27-28-29-30-31-32-33-34-35-36-37-38-39-40-41-43-45-47-49-51-53-55-57-64(69)75-62(61-74-66(65(70)71)72-59-58-67(3,4)5)60-73-63(68)56-54-52-50-48-46-44-42-21-19-17-15-13-11-9-7-2/h8-11,14-17,20-22,24-25,27-28,42,46,48,62,66H,6-7,12-13,18-19,23,26,29-41,43-45,47,49-61H2,1-5H3/p+1/b10-8-,11-9-,16-14-,17-15-,22-20-,25-24-,28-27-,42-21-,48-46-. The monoisotopic (exact) mass is 1050 g/mol. The minimum atomic E-state index is -1.52. The van der Waals surface area contributed by atoms with Gasteiger partial charge in [-0.2, -0.15) is 0 Å². The number of aliphatic carboxylic acids is 1. The molecule has 0 bridgehead atoms. The maximum Gasteiger partial charge on any atom is 0.361 e. The van der Waals surface area contributed by atoms with E-state index < -0.39 is 24.3 Å². The minimum Gasteiger partial charge on any atom is -0.477 e. The third-order valence-electron chi connectivity index (χ3n) is 12.5. The summed E-state index contributed by atoms with van der Waals surface area (Å²) < 4.78 is 22.8. The van der Waals surface area contributed by atoms with E-state index in [0.29, 0.717) is 23.9 Å². The van der Waals surface area contributed by atoms with Gasteiger partial charge in [-0.3, -0.25) is 9.59 Å². The summed E-state index contributed by atoms with van der Waals surface area (Å²) in [6.07, 6.45) is 74.8. The molecule has 0 aromatic rings. The molecule has 2 unspecified atom stereocenters. The van der Waals surface area contributed by atoms with Crippen molar-refractivity contribution in [3.63, 3.8) is 0 Å². The number of nitrogens with zero attached hydrogens (tertiary/aromatic N) is 1. The first kappa shape index (κ1) is 71.0. The molecule has 9 heteroatoms. The molecule has 0 amide bonds. The highest BCUT2D eigenvalue weighted by atomic mass is 16.7. The molecule has 0 aromatic carbocycles. The van der Waals surface area contributed by atoms with E-state index >= 15 is 0 Å². The summed E-state index contributed by atoms with van der Waals surface area (Å²) in [5, 5.41) is 9.69. The highest BCUT2D eigenvalue weighted by Crippen LogP contribution is 2.16. The van der Waals surface area contributed by atoms with E-state index in [9.17, 15) is 19.5 Å². The van der Waals surface area contributed by atoms with Crippen LogP contribution in [0.3, 0.4) is 0 Å². The largest absolute Gasteiger partial charge is 0.477 e. The third kappa shape index (κ3) is 57.5. The second kappa shape index (κ2) is 56.2. The lowest BCUT2D eigenvalue weighted by molar-refractivity contribution is -0.870. The van der Waals surface area contributed by atoms with E-state index in [0.717, 1.165) is 83.5 Å². The lowest BCUT2D eigenvalue weighted by atomic mass is 10.0. The summed E-state index contributed by atoms with van der Waals surface area (Å²) in [6.45, 7) is 4.60. The summed E-state index contributed by atoms with van der Waals surface area (Å²) in [4.78, 5) is 37.4. The number of likely N-dealkylation sites (N-methyl/N-ethyl adjacent to an activating group) is 1. The van der Waals surface area contributed by atoms with E-state index in [2.05, 4.69) is 123 Å². The Bertz CT molecular complexity index is 1590. The Morgan fingerprint density at radius 2 is 0.720 bits per heavy atom. The summed E-state index contributed by atoms with van der Waals surface area (Å²) >= 11 is 0. The molecule has 0 saturated carbocycles. The smallest absolute Gasteiger partial charge is 0.361 e. The number of rotatable bonds is 54. The van der Waals surface area contributed by atoms with Gasteiger partial charge >= 0.3 is 17.9 Å². The Morgan fingerprint density at radius 3 is 1.09 bits per heavy atom. The van der Waals surface area contributed by atoms with Crippen LogP contribution in [-0.4, -0.2) is 87.4 Å². The highest BCUT2D eigenvalue weighted by Gasteiger charge is 2.25. The summed E-state index contributed by atoms with van der Waals surface area (Å²) in [5.74, 6) is -2.06. The number of quaternary nitrogens is 1. The average Bonchev–Trinajstić information content (AvgIpc) is 3.38. The molecular formula is C66H112NO8+. The van der Waals surface area contributed by atoms with Gasteiger partial charge in [0.05, 0.1) is 34.4 Å². The second-order valence-corrected chi connectivity index (χ2v) is 20.9. The van der Waals surface area contributed by atoms with Crippen LogP contribution in [0.1, 0.15) is 232 Å². The topological polar surface area (TPSA) is 108 Å². The molecule has 9 nitrogen and oxygen atoms in total. The number of carboxylic acids is 1. The van der Waals surface area contributed by atoms with Crippen molar-refractivity contribution in [2.24, 2.45) is 0 Å². The predicted octanol–water partition coefficient (Wildman–Crippen LogP) is 17.9. The Balaban J connectivity index is 4.11. The van der Waals surface area contributed by atoms with Gasteiger partial charge in [0, 0.05) is 12.8 Å². The molecule has 0 spiro atoms. The van der Waals surface area contributed by atoms with Gasteiger partial charge in [-0.1, -0.05) is 232 Å². The van der Waals surface area contributed by atoms with Crippen LogP contribution in [0.4, 0.5) is 0 Å². The normalized spacial score (nSPS) is 13.6. The van der Waals surface area contributed by atoms with Crippen LogP contribution in [0.25, 0.3) is 0 Å². The Labute approximate surface area is 460 Å². The van der Waals surface area contributed by atoms with Crippen molar-refractivity contribution in [1.82, 2.24) is 0 Å². The molecule has 0 saturated heterocycles. The van der Waals surface area contributed by atoms with Gasteiger partial charge in [-0.15, -0.1) is 0 Å². The number of hydrogen-bond donors (Lipinski definition) is 1. The van der Waals surface area contributed by atoms with Crippen molar-refractivity contribution < 1.29 is 42.9 Å². The molecule has 75 heavy (non-hydrogen) atoms. The van der Waals surface area contributed by atoms with E-state index in [-0.39, 0.29) is 38.6 Å². The van der Waals surface area contributed by atoms with Crippen molar-refractivity contribution in [1.29, 1.82) is 0 Å². The van der Waals surface area contributed by atoms with Crippen molar-refractivity contribution in [3.05, 3.63) is 109 Å². The molecule has 0 aliphatic rings. The zero-order chi connectivity index (χ0) is 54.8. The zero-order valence-electron chi connectivity index (χ0n) is 48.7. The Hall–Kier alpha value is -4.05. The number of ether oxygens (including phenoxy) is 4. The van der Waals surface area contributed by atoms with Gasteiger partial charge < -0.3 is 28.5 Å².